The van der Waals surface area contributed by atoms with Gasteiger partial charge in [-0.3, -0.25) is 9.59 Å². The van der Waals surface area contributed by atoms with Gasteiger partial charge < -0.3 is 9.64 Å². The number of hydrogen-bond donors (Lipinski definition) is 0. The highest BCUT2D eigenvalue weighted by Crippen LogP contribution is 2.26. The number of amides is 1. The number of carbonyl (C=O) groups excluding carboxylic acids is 2. The van der Waals surface area contributed by atoms with Crippen LogP contribution in [0.25, 0.3) is 0 Å². The topological polar surface area (TPSA) is 46.6 Å². The second-order valence-electron chi connectivity index (χ2n) is 5.15. The fraction of sp³-hybridized carbons (Fsp3) is 0.467. The second kappa shape index (κ2) is 6.93. The van der Waals surface area contributed by atoms with Crippen LogP contribution in [0, 0.1) is 17.7 Å². The Morgan fingerprint density at radius 2 is 2.00 bits per heavy atom. The van der Waals surface area contributed by atoms with Gasteiger partial charge in [0.15, 0.2) is 0 Å². The van der Waals surface area contributed by atoms with E-state index in [9.17, 15) is 14.0 Å². The molecule has 0 saturated carbocycles. The van der Waals surface area contributed by atoms with E-state index >= 15 is 0 Å². The third-order valence-electron chi connectivity index (χ3n) is 3.64. The molecule has 1 aromatic rings. The van der Waals surface area contributed by atoms with Gasteiger partial charge >= 0.3 is 5.97 Å². The Bertz CT molecular complexity index is 520. The zero-order valence-electron chi connectivity index (χ0n) is 12.0. The van der Waals surface area contributed by atoms with E-state index in [0.29, 0.717) is 13.1 Å². The second-order valence-corrected chi connectivity index (χ2v) is 6.20. The molecule has 0 aromatic heterocycles. The quantitative estimate of drug-likeness (QED) is 0.632. The molecule has 0 bridgehead atoms. The Balaban J connectivity index is 1.87. The maximum atomic E-state index is 12.8. The Morgan fingerprint density at radius 3 is 2.62 bits per heavy atom. The summed E-state index contributed by atoms with van der Waals surface area (Å²) < 4.78 is 17.6. The van der Waals surface area contributed by atoms with Gasteiger partial charge in [-0.05, 0) is 30.2 Å². The summed E-state index contributed by atoms with van der Waals surface area (Å²) in [5.74, 6) is -0.412. The molecule has 0 spiro atoms. The average molecular weight is 311 g/mol. The minimum atomic E-state index is -0.292. The first kappa shape index (κ1) is 15.8. The van der Waals surface area contributed by atoms with Gasteiger partial charge in [0.1, 0.15) is 5.82 Å². The predicted molar refractivity (Wildman–Crippen MR) is 78.4 cm³/mol. The van der Waals surface area contributed by atoms with Crippen LogP contribution >= 0.6 is 11.8 Å². The summed E-state index contributed by atoms with van der Waals surface area (Å²) in [6, 6.07) is 6.05. The molecule has 0 radical (unpaired) electrons. The monoisotopic (exact) mass is 311 g/mol. The number of hydrogen-bond acceptors (Lipinski definition) is 4. The van der Waals surface area contributed by atoms with Crippen LogP contribution < -0.4 is 0 Å². The lowest BCUT2D eigenvalue weighted by Crippen LogP contribution is -2.31. The summed E-state index contributed by atoms with van der Waals surface area (Å²) in [5, 5.41) is 0. The normalized spacial score (nSPS) is 21.4. The van der Waals surface area contributed by atoms with Crippen LogP contribution in [-0.2, 0) is 14.3 Å². The fourth-order valence-corrected chi connectivity index (χ4v) is 3.20. The van der Waals surface area contributed by atoms with E-state index in [1.807, 2.05) is 6.92 Å². The molecule has 0 aliphatic carbocycles. The van der Waals surface area contributed by atoms with Gasteiger partial charge in [0.05, 0.1) is 18.8 Å². The highest BCUT2D eigenvalue weighted by atomic mass is 32.2. The number of thioether (sulfide) groups is 1. The standard InChI is InChI=1S/C15H18FNO3S/c1-10-7-17(8-13(10)15(19)20-2)14(18)9-21-12-5-3-11(16)4-6-12/h3-6,10,13H,7-9H2,1-2H3. The lowest BCUT2D eigenvalue weighted by molar-refractivity contribution is -0.146. The van der Waals surface area contributed by atoms with E-state index in [1.165, 1.54) is 31.0 Å². The molecule has 21 heavy (non-hydrogen) atoms. The predicted octanol–water partition coefficient (Wildman–Crippen LogP) is 2.19. The van der Waals surface area contributed by atoms with E-state index in [-0.39, 0.29) is 35.3 Å². The van der Waals surface area contributed by atoms with Crippen LogP contribution in [0.1, 0.15) is 6.92 Å². The van der Waals surface area contributed by atoms with Crippen molar-refractivity contribution in [3.05, 3.63) is 30.1 Å². The Morgan fingerprint density at radius 1 is 1.33 bits per heavy atom. The van der Waals surface area contributed by atoms with E-state index in [4.69, 9.17) is 4.74 Å². The molecule has 1 fully saturated rings. The largest absolute Gasteiger partial charge is 0.469 e. The van der Waals surface area contributed by atoms with Crippen molar-refractivity contribution in [1.29, 1.82) is 0 Å². The van der Waals surface area contributed by atoms with Gasteiger partial charge in [-0.2, -0.15) is 0 Å². The SMILES string of the molecule is COC(=O)C1CN(C(=O)CSc2ccc(F)cc2)CC1C. The third-order valence-corrected chi connectivity index (χ3v) is 4.64. The van der Waals surface area contributed by atoms with Crippen molar-refractivity contribution >= 4 is 23.6 Å². The molecule has 2 atom stereocenters. The molecule has 1 saturated heterocycles. The van der Waals surface area contributed by atoms with E-state index in [2.05, 4.69) is 0 Å². The minimum absolute atomic E-state index is 0.0115. The summed E-state index contributed by atoms with van der Waals surface area (Å²) in [7, 11) is 1.37. The van der Waals surface area contributed by atoms with Crippen molar-refractivity contribution in [1.82, 2.24) is 4.90 Å². The summed E-state index contributed by atoms with van der Waals surface area (Å²) in [6.07, 6.45) is 0. The average Bonchev–Trinajstić information content (AvgIpc) is 2.87. The van der Waals surface area contributed by atoms with E-state index in [1.54, 1.807) is 17.0 Å². The number of halogens is 1. The van der Waals surface area contributed by atoms with Gasteiger partial charge in [-0.1, -0.05) is 6.92 Å². The minimum Gasteiger partial charge on any atom is -0.469 e. The van der Waals surface area contributed by atoms with Crippen LogP contribution in [0.2, 0.25) is 0 Å². The molecule has 6 heteroatoms. The van der Waals surface area contributed by atoms with Crippen molar-refractivity contribution in [3.8, 4) is 0 Å². The number of esters is 1. The lowest BCUT2D eigenvalue weighted by Gasteiger charge is -2.15. The van der Waals surface area contributed by atoms with Crippen molar-refractivity contribution < 1.29 is 18.7 Å². The van der Waals surface area contributed by atoms with Crippen LogP contribution in [0.5, 0.6) is 0 Å². The number of carbonyl (C=O) groups is 2. The molecule has 0 N–H and O–H groups in total. The van der Waals surface area contributed by atoms with Crippen LogP contribution in [0.4, 0.5) is 4.39 Å². The first-order chi connectivity index (χ1) is 10.0. The van der Waals surface area contributed by atoms with Crippen molar-refractivity contribution in [2.75, 3.05) is 26.0 Å². The lowest BCUT2D eigenvalue weighted by atomic mass is 9.99. The first-order valence-corrected chi connectivity index (χ1v) is 7.73. The Kier molecular flexibility index (Phi) is 5.22. The molecule has 4 nitrogen and oxygen atoms in total. The molecule has 2 rings (SSSR count). The zero-order valence-corrected chi connectivity index (χ0v) is 12.9. The van der Waals surface area contributed by atoms with Gasteiger partial charge in [0, 0.05) is 18.0 Å². The summed E-state index contributed by atoms with van der Waals surface area (Å²) >= 11 is 1.37. The molecular formula is C15H18FNO3S. The van der Waals surface area contributed by atoms with Crippen molar-refractivity contribution in [2.24, 2.45) is 11.8 Å². The van der Waals surface area contributed by atoms with E-state index < -0.39 is 0 Å². The summed E-state index contributed by atoms with van der Waals surface area (Å²) in [6.45, 7) is 2.93. The van der Waals surface area contributed by atoms with Crippen LogP contribution in [0.15, 0.2) is 29.2 Å². The van der Waals surface area contributed by atoms with Gasteiger partial charge in [-0.15, -0.1) is 11.8 Å². The molecule has 1 aromatic carbocycles. The van der Waals surface area contributed by atoms with Crippen LogP contribution in [0.3, 0.4) is 0 Å². The van der Waals surface area contributed by atoms with Crippen LogP contribution in [-0.4, -0.2) is 42.7 Å². The summed E-state index contributed by atoms with van der Waals surface area (Å²) in [5.41, 5.74) is 0. The van der Waals surface area contributed by atoms with Gasteiger partial charge in [-0.25, -0.2) is 4.39 Å². The summed E-state index contributed by atoms with van der Waals surface area (Å²) in [4.78, 5) is 26.3. The third kappa shape index (κ3) is 3.97. The molecular weight excluding hydrogens is 293 g/mol. The molecule has 1 heterocycles. The number of rotatable bonds is 4. The highest BCUT2D eigenvalue weighted by molar-refractivity contribution is 8.00. The first-order valence-electron chi connectivity index (χ1n) is 6.75. The number of benzene rings is 1. The Labute approximate surface area is 127 Å². The van der Waals surface area contributed by atoms with Crippen molar-refractivity contribution in [3.63, 3.8) is 0 Å². The Hall–Kier alpha value is -1.56. The zero-order chi connectivity index (χ0) is 15.4. The number of likely N-dealkylation sites (tertiary alicyclic amines) is 1. The molecule has 114 valence electrons. The maximum Gasteiger partial charge on any atom is 0.310 e. The number of ether oxygens (including phenoxy) is 1. The van der Waals surface area contributed by atoms with Gasteiger partial charge in [0.2, 0.25) is 5.91 Å². The molecule has 1 aliphatic heterocycles. The fourth-order valence-electron chi connectivity index (χ4n) is 2.40. The highest BCUT2D eigenvalue weighted by Gasteiger charge is 2.37. The van der Waals surface area contributed by atoms with Crippen molar-refractivity contribution in [2.45, 2.75) is 11.8 Å². The molecule has 1 aliphatic rings. The smallest absolute Gasteiger partial charge is 0.310 e. The molecule has 2 unspecified atom stereocenters. The van der Waals surface area contributed by atoms with Gasteiger partial charge in [0.25, 0.3) is 0 Å². The molecule has 1 amide bonds. The number of nitrogens with zero attached hydrogens (tertiary/aromatic N) is 1. The number of methoxy groups -OCH3 is 1. The van der Waals surface area contributed by atoms with E-state index in [0.717, 1.165) is 4.90 Å². The maximum absolute atomic E-state index is 12.8.